The minimum atomic E-state index is 0. The van der Waals surface area contributed by atoms with Gasteiger partial charge in [0.15, 0.2) is 0 Å². The van der Waals surface area contributed by atoms with Crippen molar-refractivity contribution in [2.24, 2.45) is 0 Å². The van der Waals surface area contributed by atoms with E-state index in [1.165, 1.54) is 21.2 Å². The van der Waals surface area contributed by atoms with E-state index < -0.39 is 0 Å². The van der Waals surface area contributed by atoms with Gasteiger partial charge in [-0.3, -0.25) is 0 Å². The Morgan fingerprint density at radius 1 is 0.321 bits per heavy atom. The molecule has 28 heavy (non-hydrogen) atoms. The van der Waals surface area contributed by atoms with Crippen LogP contribution < -0.4 is 21.2 Å². The van der Waals surface area contributed by atoms with Crippen LogP contribution in [0.3, 0.4) is 0 Å². The Kier molecular flexibility index (Phi) is 12.7. The van der Waals surface area contributed by atoms with Crippen LogP contribution in [0.1, 0.15) is 0 Å². The summed E-state index contributed by atoms with van der Waals surface area (Å²) < 4.78 is 0. The van der Waals surface area contributed by atoms with E-state index in [1.54, 1.807) is 0 Å². The van der Waals surface area contributed by atoms with Crippen LogP contribution in [0.15, 0.2) is 121 Å². The van der Waals surface area contributed by atoms with E-state index in [2.05, 4.69) is 121 Å². The molecule has 0 nitrogen and oxygen atoms in total. The molecule has 0 saturated carbocycles. The first kappa shape index (κ1) is 24.6. The fraction of sp³-hybridized carbons (Fsp3) is 0. The van der Waals surface area contributed by atoms with Gasteiger partial charge in [0, 0.05) is 16.5 Å². The molecular weight excluding hydrogens is 444 g/mol. The van der Waals surface area contributed by atoms with Crippen LogP contribution in [-0.2, 0) is 16.5 Å². The van der Waals surface area contributed by atoms with Gasteiger partial charge in [0.1, 0.15) is 0 Å². The fourth-order valence-electron chi connectivity index (χ4n) is 2.42. The summed E-state index contributed by atoms with van der Waals surface area (Å²) in [5.74, 6) is 0. The summed E-state index contributed by atoms with van der Waals surface area (Å²) in [5, 5.41) is 5.59. The molecule has 4 aromatic carbocycles. The van der Waals surface area contributed by atoms with Gasteiger partial charge in [-0.2, -0.15) is 0 Å². The van der Waals surface area contributed by atoms with E-state index in [-0.39, 0.29) is 28.9 Å². The molecule has 0 aliphatic carbocycles. The third-order valence-electron chi connectivity index (χ3n) is 3.67. The van der Waals surface area contributed by atoms with Crippen LogP contribution in [0, 0.1) is 0 Å². The van der Waals surface area contributed by atoms with Crippen molar-refractivity contribution in [3.8, 4) is 0 Å². The van der Waals surface area contributed by atoms with Crippen molar-refractivity contribution in [2.45, 2.75) is 0 Å². The molecule has 0 spiro atoms. The zero-order valence-corrected chi connectivity index (χ0v) is 19.1. The number of rotatable bonds is 4. The van der Waals surface area contributed by atoms with Crippen LogP contribution in [0.25, 0.3) is 0 Å². The normalized spacial score (nSPS) is 9.14. The van der Waals surface area contributed by atoms with E-state index in [0.717, 1.165) is 17.2 Å². The molecule has 0 heterocycles. The average Bonchev–Trinajstić information content (AvgIpc) is 2.72. The maximum absolute atomic E-state index is 2.17. The Hall–Kier alpha value is -1.48. The van der Waals surface area contributed by atoms with Crippen molar-refractivity contribution in [3.63, 3.8) is 0 Å². The SMILES string of the molecule is Cl.[Ni].c1ccc(Pc2ccccc2)cc1.c1ccc(Pc2ccccc2)cc1. The molecule has 4 heteroatoms. The monoisotopic (exact) mass is 466 g/mol. The van der Waals surface area contributed by atoms with Crippen molar-refractivity contribution in [1.82, 2.24) is 0 Å². The predicted octanol–water partition coefficient (Wildman–Crippen LogP) is 5.05. The van der Waals surface area contributed by atoms with Crippen LogP contribution in [-0.4, -0.2) is 0 Å². The molecule has 0 saturated heterocycles. The summed E-state index contributed by atoms with van der Waals surface area (Å²) in [6.07, 6.45) is 0. The number of halogens is 1. The van der Waals surface area contributed by atoms with Gasteiger partial charge in [-0.25, -0.2) is 0 Å². The Balaban J connectivity index is 0.000000261. The maximum Gasteiger partial charge on any atom is 0 e. The summed E-state index contributed by atoms with van der Waals surface area (Å²) in [6, 6.07) is 42.3. The summed E-state index contributed by atoms with van der Waals surface area (Å²) in [7, 11) is 1.55. The molecule has 0 aliphatic heterocycles. The first-order chi connectivity index (χ1) is 12.9. The third-order valence-corrected chi connectivity index (χ3v) is 6.16. The smallest absolute Gasteiger partial charge is 0 e. The van der Waals surface area contributed by atoms with Crippen molar-refractivity contribution in [1.29, 1.82) is 0 Å². The van der Waals surface area contributed by atoms with E-state index in [9.17, 15) is 0 Å². The summed E-state index contributed by atoms with van der Waals surface area (Å²) in [6.45, 7) is 0. The van der Waals surface area contributed by atoms with E-state index in [1.807, 2.05) is 0 Å². The Bertz CT molecular complexity index is 721. The van der Waals surface area contributed by atoms with Crippen LogP contribution in [0.2, 0.25) is 0 Å². The number of hydrogen-bond acceptors (Lipinski definition) is 0. The van der Waals surface area contributed by atoms with Crippen molar-refractivity contribution in [3.05, 3.63) is 121 Å². The second kappa shape index (κ2) is 14.5. The largest absolute Gasteiger partial charge is 0.147 e. The molecule has 0 radical (unpaired) electrons. The number of hydrogen-bond donors (Lipinski definition) is 0. The minimum Gasteiger partial charge on any atom is -0.147 e. The zero-order chi connectivity index (χ0) is 17.9. The second-order valence-electron chi connectivity index (χ2n) is 5.71. The van der Waals surface area contributed by atoms with Crippen molar-refractivity contribution >= 4 is 50.8 Å². The molecular formula is C24H23ClNiP2. The molecule has 0 fully saturated rings. The summed E-state index contributed by atoms with van der Waals surface area (Å²) in [5.41, 5.74) is 0. The van der Waals surface area contributed by atoms with Crippen LogP contribution in [0.5, 0.6) is 0 Å². The molecule has 0 aliphatic rings. The molecule has 4 rings (SSSR count). The predicted molar refractivity (Wildman–Crippen MR) is 128 cm³/mol. The van der Waals surface area contributed by atoms with E-state index in [0.29, 0.717) is 0 Å². The standard InChI is InChI=1S/2C12H11P.ClH.Ni/c2*1-3-7-11(8-4-1)13-12-9-5-2-6-10-12;;/h2*1-10,13H;1H;. The molecule has 146 valence electrons. The Morgan fingerprint density at radius 3 is 0.679 bits per heavy atom. The van der Waals surface area contributed by atoms with Crippen molar-refractivity contribution in [2.75, 3.05) is 0 Å². The summed E-state index contributed by atoms with van der Waals surface area (Å²) in [4.78, 5) is 0. The van der Waals surface area contributed by atoms with Gasteiger partial charge < -0.3 is 0 Å². The second-order valence-corrected chi connectivity index (χ2v) is 8.52. The minimum absolute atomic E-state index is 0. The van der Waals surface area contributed by atoms with Gasteiger partial charge in [0.25, 0.3) is 0 Å². The first-order valence-electron chi connectivity index (χ1n) is 8.64. The molecule has 0 unspecified atom stereocenters. The van der Waals surface area contributed by atoms with Gasteiger partial charge in [-0.1, -0.05) is 138 Å². The van der Waals surface area contributed by atoms with Gasteiger partial charge in [0.05, 0.1) is 0 Å². The van der Waals surface area contributed by atoms with E-state index >= 15 is 0 Å². The fourth-order valence-corrected chi connectivity index (χ4v) is 4.52. The molecule has 4 aromatic rings. The molecule has 0 aromatic heterocycles. The molecule has 0 bridgehead atoms. The quantitative estimate of drug-likeness (QED) is 0.291. The topological polar surface area (TPSA) is 0 Å². The first-order valence-corrected chi connectivity index (χ1v) is 10.6. The van der Waals surface area contributed by atoms with Gasteiger partial charge in [0.2, 0.25) is 0 Å². The van der Waals surface area contributed by atoms with Gasteiger partial charge >= 0.3 is 0 Å². The third kappa shape index (κ3) is 9.14. The Morgan fingerprint density at radius 2 is 0.500 bits per heavy atom. The summed E-state index contributed by atoms with van der Waals surface area (Å²) >= 11 is 0. The van der Waals surface area contributed by atoms with Crippen LogP contribution >= 0.6 is 29.6 Å². The molecule has 0 N–H and O–H groups in total. The number of benzene rings is 4. The Labute approximate surface area is 188 Å². The van der Waals surface area contributed by atoms with Crippen LogP contribution in [0.4, 0.5) is 0 Å². The maximum atomic E-state index is 2.17. The average molecular weight is 468 g/mol. The molecule has 0 atom stereocenters. The molecule has 0 amide bonds. The van der Waals surface area contributed by atoms with Gasteiger partial charge in [-0.15, -0.1) is 12.4 Å². The zero-order valence-electron chi connectivity index (χ0n) is 15.3. The van der Waals surface area contributed by atoms with Crippen molar-refractivity contribution < 1.29 is 16.5 Å². The van der Waals surface area contributed by atoms with Gasteiger partial charge in [-0.05, 0) is 21.2 Å². The van der Waals surface area contributed by atoms with E-state index in [4.69, 9.17) is 0 Å².